The number of furan rings is 1. The van der Waals surface area contributed by atoms with Gasteiger partial charge in [-0.3, -0.25) is 4.79 Å². The van der Waals surface area contributed by atoms with Gasteiger partial charge in [0.2, 0.25) is 0 Å². The summed E-state index contributed by atoms with van der Waals surface area (Å²) in [5.41, 5.74) is 7.63. The third-order valence-corrected chi connectivity index (χ3v) is 6.54. The van der Waals surface area contributed by atoms with E-state index in [2.05, 4.69) is 59.3 Å². The van der Waals surface area contributed by atoms with Crippen molar-refractivity contribution >= 4 is 28.0 Å². The summed E-state index contributed by atoms with van der Waals surface area (Å²) in [6.07, 6.45) is 1.66. The van der Waals surface area contributed by atoms with E-state index in [1.165, 1.54) is 11.1 Å². The molecule has 0 bridgehead atoms. The largest absolute Gasteiger partial charge is 0.463 e. The highest BCUT2D eigenvalue weighted by Crippen LogP contribution is 2.23. The van der Waals surface area contributed by atoms with Gasteiger partial charge in [0.15, 0.2) is 5.58 Å². The minimum absolute atomic E-state index is 0.160. The van der Waals surface area contributed by atoms with Crippen molar-refractivity contribution in [3.8, 4) is 0 Å². The Bertz CT molecular complexity index is 1660. The van der Waals surface area contributed by atoms with Gasteiger partial charge < -0.3 is 18.9 Å². The Kier molecular flexibility index (Phi) is 5.62. The zero-order chi connectivity index (χ0) is 24.5. The molecular formula is C30H26N4O2. The number of aromatic nitrogens is 3. The maximum absolute atomic E-state index is 13.4. The summed E-state index contributed by atoms with van der Waals surface area (Å²) in [7, 11) is 0. The van der Waals surface area contributed by atoms with Crippen molar-refractivity contribution in [2.45, 2.75) is 26.6 Å². The van der Waals surface area contributed by atoms with Gasteiger partial charge in [-0.25, -0.2) is 4.98 Å². The second-order valence-electron chi connectivity index (χ2n) is 9.04. The Balaban J connectivity index is 1.29. The highest BCUT2D eigenvalue weighted by molar-refractivity contribution is 5.97. The van der Waals surface area contributed by atoms with Gasteiger partial charge in [0.05, 0.1) is 29.4 Å². The fraction of sp³-hybridized carbons (Fsp3) is 0.133. The molecule has 0 fully saturated rings. The van der Waals surface area contributed by atoms with Crippen molar-refractivity contribution in [1.29, 1.82) is 0 Å². The molecular weight excluding hydrogens is 448 g/mol. The summed E-state index contributed by atoms with van der Waals surface area (Å²) in [6.45, 7) is 3.65. The molecule has 0 radical (unpaired) electrons. The van der Waals surface area contributed by atoms with E-state index in [1.54, 1.807) is 6.26 Å². The molecule has 0 unspecified atom stereocenters. The summed E-state index contributed by atoms with van der Waals surface area (Å²) in [4.78, 5) is 18.3. The summed E-state index contributed by atoms with van der Waals surface area (Å²) >= 11 is 0. The van der Waals surface area contributed by atoms with Crippen LogP contribution in [0.2, 0.25) is 0 Å². The number of benzene rings is 3. The maximum atomic E-state index is 13.4. The van der Waals surface area contributed by atoms with E-state index >= 15 is 0 Å². The second kappa shape index (κ2) is 9.23. The zero-order valence-corrected chi connectivity index (χ0v) is 20.0. The Morgan fingerprint density at radius 2 is 1.56 bits per heavy atom. The number of imidazole rings is 1. The molecule has 1 N–H and O–H groups in total. The number of carbonyl (C=O) groups is 1. The first-order valence-corrected chi connectivity index (χ1v) is 12.0. The van der Waals surface area contributed by atoms with Gasteiger partial charge in [-0.15, -0.1) is 0 Å². The molecule has 0 saturated carbocycles. The van der Waals surface area contributed by atoms with Crippen molar-refractivity contribution in [3.05, 3.63) is 125 Å². The van der Waals surface area contributed by atoms with Gasteiger partial charge in [0, 0.05) is 25.2 Å². The van der Waals surface area contributed by atoms with Gasteiger partial charge in [-0.2, -0.15) is 0 Å². The van der Waals surface area contributed by atoms with Crippen LogP contribution in [0.25, 0.3) is 22.1 Å². The third kappa shape index (κ3) is 4.18. The summed E-state index contributed by atoms with van der Waals surface area (Å²) in [6, 6.07) is 30.4. The number of hydrogen-bond donors (Lipinski definition) is 1. The van der Waals surface area contributed by atoms with Crippen LogP contribution in [0.1, 0.15) is 33.0 Å². The fourth-order valence-electron chi connectivity index (χ4n) is 4.66. The van der Waals surface area contributed by atoms with Crippen LogP contribution in [0.15, 0.2) is 102 Å². The number of rotatable bonds is 7. The molecule has 6 aromatic rings. The number of para-hydroxylation sites is 2. The van der Waals surface area contributed by atoms with E-state index in [4.69, 9.17) is 9.40 Å². The molecule has 0 aliphatic carbocycles. The number of amides is 1. The predicted molar refractivity (Wildman–Crippen MR) is 141 cm³/mol. The first-order valence-electron chi connectivity index (χ1n) is 12.0. The molecule has 6 rings (SSSR count). The summed E-state index contributed by atoms with van der Waals surface area (Å²) < 4.78 is 9.79. The second-order valence-corrected chi connectivity index (χ2v) is 9.04. The number of nitrogens with one attached hydrogen (secondary N) is 1. The van der Waals surface area contributed by atoms with Gasteiger partial charge in [-0.1, -0.05) is 72.3 Å². The zero-order valence-electron chi connectivity index (χ0n) is 20.0. The summed E-state index contributed by atoms with van der Waals surface area (Å²) in [5.74, 6) is 0.653. The molecule has 1 amide bonds. The topological polar surface area (TPSA) is 65.0 Å². The molecule has 0 spiro atoms. The lowest BCUT2D eigenvalue weighted by atomic mass is 10.1. The van der Waals surface area contributed by atoms with Gasteiger partial charge in [0.25, 0.3) is 5.91 Å². The van der Waals surface area contributed by atoms with E-state index in [0.29, 0.717) is 30.9 Å². The number of nitrogens with zero attached hydrogens (tertiary/aromatic N) is 3. The van der Waals surface area contributed by atoms with Gasteiger partial charge >= 0.3 is 0 Å². The highest BCUT2D eigenvalue weighted by Gasteiger charge is 2.19. The smallest absolute Gasteiger partial charge is 0.268 e. The molecule has 0 saturated heterocycles. The Morgan fingerprint density at radius 1 is 0.833 bits per heavy atom. The molecule has 0 atom stereocenters. The van der Waals surface area contributed by atoms with E-state index in [1.807, 2.05) is 53.1 Å². The normalized spacial score (nSPS) is 11.4. The van der Waals surface area contributed by atoms with Crippen molar-refractivity contribution in [2.24, 2.45) is 0 Å². The van der Waals surface area contributed by atoms with E-state index in [9.17, 15) is 4.79 Å². The van der Waals surface area contributed by atoms with Crippen LogP contribution in [0.3, 0.4) is 0 Å². The molecule has 36 heavy (non-hydrogen) atoms. The lowest BCUT2D eigenvalue weighted by Gasteiger charge is -2.12. The first kappa shape index (κ1) is 21.9. The molecule has 0 aliphatic heterocycles. The fourth-order valence-corrected chi connectivity index (χ4v) is 4.66. The standard InChI is InChI=1S/C30H26N4O2/c1-21-11-13-23(14-12-21)19-33-26-15-16-36-28(26)17-27(33)30(35)31-18-29-32-24-9-5-6-10-25(24)34(29)20-22-7-3-2-4-8-22/h2-17H,18-20H2,1H3,(H,31,35). The number of aryl methyl sites for hydroxylation is 1. The quantitative estimate of drug-likeness (QED) is 0.312. The van der Waals surface area contributed by atoms with E-state index in [0.717, 1.165) is 27.9 Å². The number of fused-ring (bicyclic) bond motifs is 2. The maximum Gasteiger partial charge on any atom is 0.268 e. The molecule has 0 aliphatic rings. The van der Waals surface area contributed by atoms with Crippen molar-refractivity contribution in [1.82, 2.24) is 19.4 Å². The van der Waals surface area contributed by atoms with Crippen LogP contribution in [-0.4, -0.2) is 20.0 Å². The van der Waals surface area contributed by atoms with Crippen LogP contribution in [-0.2, 0) is 19.6 Å². The Hall–Kier alpha value is -4.58. The molecule has 3 heterocycles. The Morgan fingerprint density at radius 3 is 2.39 bits per heavy atom. The molecule has 178 valence electrons. The molecule has 3 aromatic heterocycles. The lowest BCUT2D eigenvalue weighted by Crippen LogP contribution is -2.27. The minimum atomic E-state index is -0.160. The Labute approximate surface area is 208 Å². The van der Waals surface area contributed by atoms with Crippen LogP contribution in [0.5, 0.6) is 0 Å². The van der Waals surface area contributed by atoms with Crippen LogP contribution < -0.4 is 5.32 Å². The third-order valence-electron chi connectivity index (χ3n) is 6.54. The van der Waals surface area contributed by atoms with Crippen molar-refractivity contribution < 1.29 is 9.21 Å². The number of carbonyl (C=O) groups excluding carboxylic acids is 1. The summed E-state index contributed by atoms with van der Waals surface area (Å²) in [5, 5.41) is 3.10. The predicted octanol–water partition coefficient (Wildman–Crippen LogP) is 5.92. The van der Waals surface area contributed by atoms with Gasteiger partial charge in [0.1, 0.15) is 11.5 Å². The van der Waals surface area contributed by atoms with Gasteiger partial charge in [-0.05, 0) is 30.2 Å². The SMILES string of the molecule is Cc1ccc(Cn2c(C(=O)NCc3nc4ccccc4n3Cc3ccccc3)cc3occc32)cc1. The van der Waals surface area contributed by atoms with Crippen molar-refractivity contribution in [2.75, 3.05) is 0 Å². The van der Waals surface area contributed by atoms with Crippen LogP contribution >= 0.6 is 0 Å². The van der Waals surface area contributed by atoms with Crippen LogP contribution in [0.4, 0.5) is 0 Å². The average Bonchev–Trinajstić information content (AvgIpc) is 3.59. The van der Waals surface area contributed by atoms with E-state index < -0.39 is 0 Å². The minimum Gasteiger partial charge on any atom is -0.463 e. The number of hydrogen-bond acceptors (Lipinski definition) is 3. The lowest BCUT2D eigenvalue weighted by molar-refractivity contribution is 0.0941. The van der Waals surface area contributed by atoms with Crippen molar-refractivity contribution in [3.63, 3.8) is 0 Å². The molecule has 3 aromatic carbocycles. The monoisotopic (exact) mass is 474 g/mol. The van der Waals surface area contributed by atoms with E-state index in [-0.39, 0.29) is 5.91 Å². The average molecular weight is 475 g/mol. The molecule has 6 nitrogen and oxygen atoms in total. The first-order chi connectivity index (χ1) is 17.7. The highest BCUT2D eigenvalue weighted by atomic mass is 16.3. The van der Waals surface area contributed by atoms with Crippen LogP contribution in [0, 0.1) is 6.92 Å². The molecule has 6 heteroatoms.